The van der Waals surface area contributed by atoms with Crippen molar-refractivity contribution in [2.75, 3.05) is 13.6 Å². The van der Waals surface area contributed by atoms with Crippen LogP contribution < -0.4 is 5.73 Å². The third kappa shape index (κ3) is 5.05. The summed E-state index contributed by atoms with van der Waals surface area (Å²) in [4.78, 5) is 23.6. The number of aliphatic carboxylic acids is 1. The van der Waals surface area contributed by atoms with Crippen LogP contribution in [0.2, 0.25) is 0 Å². The largest absolute Gasteiger partial charge is 0.481 e. The van der Waals surface area contributed by atoms with Gasteiger partial charge >= 0.3 is 5.97 Å². The molecular weight excluding hydrogens is 251 g/mol. The summed E-state index contributed by atoms with van der Waals surface area (Å²) in [6.07, 6.45) is 0.169. The van der Waals surface area contributed by atoms with Crippen LogP contribution in [0.1, 0.15) is 12.0 Å². The van der Waals surface area contributed by atoms with E-state index in [2.05, 4.69) is 0 Å². The zero-order chi connectivity index (χ0) is 14.4. The quantitative estimate of drug-likeness (QED) is 0.792. The molecule has 0 aliphatic carbocycles. The second-order valence-electron chi connectivity index (χ2n) is 4.34. The molecule has 1 amide bonds. The molecule has 1 aromatic carbocycles. The molecule has 0 aromatic heterocycles. The minimum atomic E-state index is -1.10. The van der Waals surface area contributed by atoms with Gasteiger partial charge in [-0.05, 0) is 24.1 Å². The molecule has 3 N–H and O–H groups in total. The van der Waals surface area contributed by atoms with Crippen LogP contribution in [0.4, 0.5) is 4.39 Å². The van der Waals surface area contributed by atoms with Gasteiger partial charge in [0.05, 0.1) is 12.5 Å². The fourth-order valence-corrected chi connectivity index (χ4v) is 1.62. The van der Waals surface area contributed by atoms with E-state index in [0.717, 1.165) is 5.56 Å². The van der Waals surface area contributed by atoms with Crippen LogP contribution in [0, 0.1) is 5.82 Å². The van der Waals surface area contributed by atoms with Crippen molar-refractivity contribution in [3.05, 3.63) is 35.6 Å². The highest BCUT2D eigenvalue weighted by Gasteiger charge is 2.20. The predicted octanol–water partition coefficient (Wildman–Crippen LogP) is 0.629. The lowest BCUT2D eigenvalue weighted by molar-refractivity contribution is -0.141. The lowest BCUT2D eigenvalue weighted by atomic mass is 10.1. The van der Waals surface area contributed by atoms with Crippen molar-refractivity contribution in [1.82, 2.24) is 4.90 Å². The molecule has 6 heteroatoms. The number of nitrogens with zero attached hydrogens (tertiary/aromatic N) is 1. The minimum absolute atomic E-state index is 0.309. The number of rotatable bonds is 6. The Morgan fingerprint density at radius 1 is 1.37 bits per heavy atom. The van der Waals surface area contributed by atoms with E-state index in [1.807, 2.05) is 0 Å². The van der Waals surface area contributed by atoms with Crippen LogP contribution in [0.3, 0.4) is 0 Å². The van der Waals surface area contributed by atoms with Crippen molar-refractivity contribution in [3.8, 4) is 0 Å². The maximum atomic E-state index is 12.7. The smallest absolute Gasteiger partial charge is 0.305 e. The first kappa shape index (κ1) is 15.1. The number of carbonyl (C=O) groups excluding carboxylic acids is 1. The summed E-state index contributed by atoms with van der Waals surface area (Å²) in [6.45, 7) is 0.401. The van der Waals surface area contributed by atoms with Gasteiger partial charge in [0.2, 0.25) is 5.91 Å². The second kappa shape index (κ2) is 6.84. The monoisotopic (exact) mass is 268 g/mol. The first-order chi connectivity index (χ1) is 8.90. The van der Waals surface area contributed by atoms with Gasteiger partial charge < -0.3 is 15.7 Å². The number of carboxylic acids is 1. The Bertz CT molecular complexity index is 448. The van der Waals surface area contributed by atoms with Crippen molar-refractivity contribution in [2.24, 2.45) is 5.73 Å². The molecule has 0 radical (unpaired) electrons. The summed E-state index contributed by atoms with van der Waals surface area (Å²) < 4.78 is 12.7. The molecule has 1 unspecified atom stereocenters. The molecule has 0 saturated heterocycles. The number of amides is 1. The average Bonchev–Trinajstić information content (AvgIpc) is 2.36. The molecule has 0 fully saturated rings. The van der Waals surface area contributed by atoms with E-state index in [1.54, 1.807) is 19.2 Å². The lowest BCUT2D eigenvalue weighted by Crippen LogP contribution is -2.43. The number of hydrogen-bond donors (Lipinski definition) is 2. The summed E-state index contributed by atoms with van der Waals surface area (Å²) in [5, 5.41) is 8.56. The number of carboxylic acid groups (broad SMARTS) is 1. The molecule has 1 aromatic rings. The van der Waals surface area contributed by atoms with Crippen LogP contribution in [-0.2, 0) is 16.0 Å². The van der Waals surface area contributed by atoms with Gasteiger partial charge in [0.1, 0.15) is 5.82 Å². The molecule has 1 rings (SSSR count). The first-order valence-electron chi connectivity index (χ1n) is 5.87. The second-order valence-corrected chi connectivity index (χ2v) is 4.34. The van der Waals surface area contributed by atoms with E-state index in [4.69, 9.17) is 10.8 Å². The average molecular weight is 268 g/mol. The van der Waals surface area contributed by atoms with E-state index >= 15 is 0 Å². The van der Waals surface area contributed by atoms with Gasteiger partial charge in [-0.3, -0.25) is 9.59 Å². The van der Waals surface area contributed by atoms with Crippen LogP contribution in [0.25, 0.3) is 0 Å². The molecular formula is C13H17FN2O3. The van der Waals surface area contributed by atoms with Gasteiger partial charge in [-0.25, -0.2) is 4.39 Å². The zero-order valence-corrected chi connectivity index (χ0v) is 10.7. The van der Waals surface area contributed by atoms with E-state index < -0.39 is 17.9 Å². The zero-order valence-electron chi connectivity index (χ0n) is 10.7. The van der Waals surface area contributed by atoms with Gasteiger partial charge in [-0.15, -0.1) is 0 Å². The number of hydrogen-bond acceptors (Lipinski definition) is 3. The van der Waals surface area contributed by atoms with Gasteiger partial charge in [0, 0.05) is 13.6 Å². The lowest BCUT2D eigenvalue weighted by Gasteiger charge is -2.20. The SMILES string of the molecule is CN(CCc1ccc(F)cc1)C(=O)C(N)CC(=O)O. The molecule has 5 nitrogen and oxygen atoms in total. The third-order valence-electron chi connectivity index (χ3n) is 2.74. The van der Waals surface area contributed by atoms with Gasteiger partial charge in [0.15, 0.2) is 0 Å². The number of benzene rings is 1. The number of carbonyl (C=O) groups is 2. The Balaban J connectivity index is 2.46. The van der Waals surface area contributed by atoms with E-state index in [0.29, 0.717) is 13.0 Å². The first-order valence-corrected chi connectivity index (χ1v) is 5.87. The number of likely N-dealkylation sites (N-methyl/N-ethyl adjacent to an activating group) is 1. The third-order valence-corrected chi connectivity index (χ3v) is 2.74. The van der Waals surface area contributed by atoms with Crippen molar-refractivity contribution >= 4 is 11.9 Å². The highest BCUT2D eigenvalue weighted by Crippen LogP contribution is 2.05. The summed E-state index contributed by atoms with van der Waals surface area (Å²) in [5.41, 5.74) is 6.38. The van der Waals surface area contributed by atoms with Crippen molar-refractivity contribution in [2.45, 2.75) is 18.9 Å². The highest BCUT2D eigenvalue weighted by molar-refractivity contribution is 5.85. The Hall–Kier alpha value is -1.95. The molecule has 0 bridgehead atoms. The molecule has 0 aliphatic heterocycles. The van der Waals surface area contributed by atoms with E-state index in [-0.39, 0.29) is 12.2 Å². The highest BCUT2D eigenvalue weighted by atomic mass is 19.1. The summed E-state index contributed by atoms with van der Waals surface area (Å²) in [6, 6.07) is 4.96. The summed E-state index contributed by atoms with van der Waals surface area (Å²) in [7, 11) is 1.56. The fraction of sp³-hybridized carbons (Fsp3) is 0.385. The maximum absolute atomic E-state index is 12.7. The van der Waals surface area contributed by atoms with Crippen molar-refractivity contribution in [3.63, 3.8) is 0 Å². The molecule has 0 saturated carbocycles. The molecule has 0 aliphatic rings. The maximum Gasteiger partial charge on any atom is 0.305 e. The predicted molar refractivity (Wildman–Crippen MR) is 68.0 cm³/mol. The summed E-state index contributed by atoms with van der Waals surface area (Å²) in [5.74, 6) is -1.83. The number of halogens is 1. The molecule has 19 heavy (non-hydrogen) atoms. The topological polar surface area (TPSA) is 83.6 Å². The Morgan fingerprint density at radius 2 is 1.95 bits per heavy atom. The fourth-order valence-electron chi connectivity index (χ4n) is 1.62. The number of nitrogens with two attached hydrogens (primary N) is 1. The molecule has 0 spiro atoms. The van der Waals surface area contributed by atoms with Crippen LogP contribution in [0.5, 0.6) is 0 Å². The molecule has 104 valence electrons. The van der Waals surface area contributed by atoms with Crippen molar-refractivity contribution < 1.29 is 19.1 Å². The van der Waals surface area contributed by atoms with Crippen LogP contribution >= 0.6 is 0 Å². The van der Waals surface area contributed by atoms with Gasteiger partial charge in [-0.2, -0.15) is 0 Å². The van der Waals surface area contributed by atoms with E-state index in [1.165, 1.54) is 17.0 Å². The summed E-state index contributed by atoms with van der Waals surface area (Å²) >= 11 is 0. The Kier molecular flexibility index (Phi) is 5.44. The molecule has 0 heterocycles. The van der Waals surface area contributed by atoms with E-state index in [9.17, 15) is 14.0 Å². The molecule has 1 atom stereocenters. The minimum Gasteiger partial charge on any atom is -0.481 e. The standard InChI is InChI=1S/C13H17FN2O3/c1-16(13(19)11(15)8-12(17)18)7-6-9-2-4-10(14)5-3-9/h2-5,11H,6-8,15H2,1H3,(H,17,18). The van der Waals surface area contributed by atoms with Crippen molar-refractivity contribution in [1.29, 1.82) is 0 Å². The van der Waals surface area contributed by atoms with Gasteiger partial charge in [-0.1, -0.05) is 12.1 Å². The Labute approximate surface area is 110 Å². The normalized spacial score (nSPS) is 11.9. The van der Waals surface area contributed by atoms with Crippen LogP contribution in [-0.4, -0.2) is 41.5 Å². The Morgan fingerprint density at radius 3 is 2.47 bits per heavy atom. The van der Waals surface area contributed by atoms with Gasteiger partial charge in [0.25, 0.3) is 0 Å². The van der Waals surface area contributed by atoms with Crippen LogP contribution in [0.15, 0.2) is 24.3 Å².